The van der Waals surface area contributed by atoms with Crippen molar-refractivity contribution in [3.05, 3.63) is 41.6 Å². The normalized spacial score (nSPS) is 11.9. The molecule has 114 valence electrons. The lowest BCUT2D eigenvalue weighted by Crippen LogP contribution is -2.28. The van der Waals surface area contributed by atoms with Gasteiger partial charge in [-0.05, 0) is 25.5 Å². The third-order valence-electron chi connectivity index (χ3n) is 2.94. The molecule has 7 heteroatoms. The summed E-state index contributed by atoms with van der Waals surface area (Å²) in [5.41, 5.74) is 1.57. The standard InChI is InChI=1S/C14H18ClN3O2S/c1-11(2)10-21(19,20)17-7-4-8-18-14-6-3-5-13(15)12(14)9-16-18/h3,5-6,9,17H,1,4,7-8,10H2,2H3. The van der Waals surface area contributed by atoms with Crippen molar-refractivity contribution in [2.75, 3.05) is 12.3 Å². The van der Waals surface area contributed by atoms with E-state index in [1.165, 1.54) is 0 Å². The van der Waals surface area contributed by atoms with Crippen LogP contribution in [0.25, 0.3) is 10.9 Å². The van der Waals surface area contributed by atoms with Crippen LogP contribution in [-0.4, -0.2) is 30.5 Å². The SMILES string of the molecule is C=C(C)CS(=O)(=O)NCCCn1ncc2c(Cl)cccc21. The third kappa shape index (κ3) is 4.30. The van der Waals surface area contributed by atoms with Gasteiger partial charge in [-0.25, -0.2) is 13.1 Å². The molecule has 0 saturated heterocycles. The third-order valence-corrected chi connectivity index (χ3v) is 4.79. The summed E-state index contributed by atoms with van der Waals surface area (Å²) in [6.45, 7) is 6.30. The Morgan fingerprint density at radius 3 is 2.95 bits per heavy atom. The number of nitrogens with one attached hydrogen (secondary N) is 1. The second kappa shape index (κ2) is 6.60. The molecular weight excluding hydrogens is 310 g/mol. The fraction of sp³-hybridized carbons (Fsp3) is 0.357. The number of aryl methyl sites for hydroxylation is 1. The number of halogens is 1. The minimum absolute atomic E-state index is 0.0344. The molecule has 0 spiro atoms. The summed E-state index contributed by atoms with van der Waals surface area (Å²) in [6, 6.07) is 5.64. The molecule has 1 aromatic heterocycles. The van der Waals surface area contributed by atoms with E-state index in [2.05, 4.69) is 16.4 Å². The van der Waals surface area contributed by atoms with Crippen molar-refractivity contribution in [3.8, 4) is 0 Å². The highest BCUT2D eigenvalue weighted by molar-refractivity contribution is 7.89. The molecule has 0 atom stereocenters. The van der Waals surface area contributed by atoms with E-state index in [0.717, 1.165) is 10.9 Å². The molecule has 21 heavy (non-hydrogen) atoms. The number of rotatable bonds is 7. The van der Waals surface area contributed by atoms with E-state index in [0.29, 0.717) is 30.1 Å². The van der Waals surface area contributed by atoms with Crippen LogP contribution in [0.5, 0.6) is 0 Å². The molecule has 0 fully saturated rings. The van der Waals surface area contributed by atoms with E-state index in [-0.39, 0.29) is 5.75 Å². The number of benzene rings is 1. The topological polar surface area (TPSA) is 64.0 Å². The fourth-order valence-corrected chi connectivity index (χ4v) is 3.50. The summed E-state index contributed by atoms with van der Waals surface area (Å²) in [5, 5.41) is 5.85. The molecule has 0 amide bonds. The second-order valence-electron chi connectivity index (χ2n) is 5.00. The number of fused-ring (bicyclic) bond motifs is 1. The zero-order chi connectivity index (χ0) is 15.5. The molecule has 0 bridgehead atoms. The van der Waals surface area contributed by atoms with Crippen LogP contribution in [0.15, 0.2) is 36.5 Å². The van der Waals surface area contributed by atoms with Gasteiger partial charge in [-0.3, -0.25) is 4.68 Å². The molecule has 5 nitrogen and oxygen atoms in total. The molecule has 1 heterocycles. The highest BCUT2D eigenvalue weighted by atomic mass is 35.5. The van der Waals surface area contributed by atoms with Gasteiger partial charge < -0.3 is 0 Å². The monoisotopic (exact) mass is 327 g/mol. The summed E-state index contributed by atoms with van der Waals surface area (Å²) >= 11 is 6.09. The lowest BCUT2D eigenvalue weighted by Gasteiger charge is -2.07. The number of sulfonamides is 1. The average Bonchev–Trinajstić information content (AvgIpc) is 2.78. The van der Waals surface area contributed by atoms with Crippen molar-refractivity contribution in [1.29, 1.82) is 0 Å². The van der Waals surface area contributed by atoms with E-state index >= 15 is 0 Å². The summed E-state index contributed by atoms with van der Waals surface area (Å²) in [7, 11) is -3.27. The molecule has 0 unspecified atom stereocenters. The fourth-order valence-electron chi connectivity index (χ4n) is 2.08. The Balaban J connectivity index is 1.91. The van der Waals surface area contributed by atoms with E-state index in [1.54, 1.807) is 13.1 Å². The second-order valence-corrected chi connectivity index (χ2v) is 7.22. The number of aromatic nitrogens is 2. The highest BCUT2D eigenvalue weighted by Gasteiger charge is 2.10. The summed E-state index contributed by atoms with van der Waals surface area (Å²) in [5.74, 6) is -0.0344. The van der Waals surface area contributed by atoms with Crippen molar-refractivity contribution in [1.82, 2.24) is 14.5 Å². The van der Waals surface area contributed by atoms with Gasteiger partial charge in [0.15, 0.2) is 0 Å². The lowest BCUT2D eigenvalue weighted by atomic mass is 10.2. The smallest absolute Gasteiger partial charge is 0.215 e. The molecule has 1 aromatic carbocycles. The Hall–Kier alpha value is -1.37. The largest absolute Gasteiger partial charge is 0.265 e. The predicted octanol–water partition coefficient (Wildman–Crippen LogP) is 2.58. The first-order valence-corrected chi connectivity index (χ1v) is 8.64. The van der Waals surface area contributed by atoms with Crippen molar-refractivity contribution < 1.29 is 8.42 Å². The maximum Gasteiger partial charge on any atom is 0.215 e. The van der Waals surface area contributed by atoms with E-state index in [9.17, 15) is 8.42 Å². The van der Waals surface area contributed by atoms with Crippen molar-refractivity contribution >= 4 is 32.5 Å². The van der Waals surface area contributed by atoms with Gasteiger partial charge in [-0.15, -0.1) is 0 Å². The van der Waals surface area contributed by atoms with Gasteiger partial charge in [0.1, 0.15) is 0 Å². The van der Waals surface area contributed by atoms with E-state index in [1.807, 2.05) is 22.9 Å². The first kappa shape index (κ1) is 16.0. The molecule has 2 aromatic rings. The first-order valence-electron chi connectivity index (χ1n) is 6.61. The maximum atomic E-state index is 11.6. The van der Waals surface area contributed by atoms with Crippen LogP contribution in [0, 0.1) is 0 Å². The molecule has 1 N–H and O–H groups in total. The molecule has 2 rings (SSSR count). The van der Waals surface area contributed by atoms with Crippen LogP contribution >= 0.6 is 11.6 Å². The summed E-state index contributed by atoms with van der Waals surface area (Å²) < 4.78 is 27.7. The van der Waals surface area contributed by atoms with Gasteiger partial charge in [-0.1, -0.05) is 29.8 Å². The highest BCUT2D eigenvalue weighted by Crippen LogP contribution is 2.22. The van der Waals surface area contributed by atoms with Crippen LogP contribution in [0.4, 0.5) is 0 Å². The number of nitrogens with zero attached hydrogens (tertiary/aromatic N) is 2. The summed E-state index contributed by atoms with van der Waals surface area (Å²) in [4.78, 5) is 0. The predicted molar refractivity (Wildman–Crippen MR) is 86.0 cm³/mol. The minimum Gasteiger partial charge on any atom is -0.265 e. The van der Waals surface area contributed by atoms with Crippen LogP contribution in [-0.2, 0) is 16.6 Å². The van der Waals surface area contributed by atoms with Gasteiger partial charge in [0.05, 0.1) is 22.5 Å². The quantitative estimate of drug-likeness (QED) is 0.628. The van der Waals surface area contributed by atoms with Gasteiger partial charge in [0.2, 0.25) is 10.0 Å². The number of hydrogen-bond donors (Lipinski definition) is 1. The zero-order valence-electron chi connectivity index (χ0n) is 11.8. The Kier molecular flexibility index (Phi) is 5.03. The van der Waals surface area contributed by atoms with Crippen LogP contribution in [0.2, 0.25) is 5.02 Å². The molecular formula is C14H18ClN3O2S. The minimum atomic E-state index is -3.27. The lowest BCUT2D eigenvalue weighted by molar-refractivity contribution is 0.561. The van der Waals surface area contributed by atoms with Crippen molar-refractivity contribution in [2.45, 2.75) is 19.9 Å². The molecule has 0 aliphatic carbocycles. The molecule has 0 radical (unpaired) electrons. The Morgan fingerprint density at radius 2 is 2.24 bits per heavy atom. The van der Waals surface area contributed by atoms with E-state index < -0.39 is 10.0 Å². The number of hydrogen-bond acceptors (Lipinski definition) is 3. The van der Waals surface area contributed by atoms with Crippen molar-refractivity contribution in [2.24, 2.45) is 0 Å². The van der Waals surface area contributed by atoms with Crippen molar-refractivity contribution in [3.63, 3.8) is 0 Å². The maximum absolute atomic E-state index is 11.6. The van der Waals surface area contributed by atoms with Gasteiger partial charge in [0.25, 0.3) is 0 Å². The van der Waals surface area contributed by atoms with Gasteiger partial charge in [-0.2, -0.15) is 5.10 Å². The molecule has 0 saturated carbocycles. The summed E-state index contributed by atoms with van der Waals surface area (Å²) in [6.07, 6.45) is 2.38. The Morgan fingerprint density at radius 1 is 1.48 bits per heavy atom. The van der Waals surface area contributed by atoms with Crippen LogP contribution < -0.4 is 4.72 Å². The average molecular weight is 328 g/mol. The van der Waals surface area contributed by atoms with E-state index in [4.69, 9.17) is 11.6 Å². The molecule has 0 aliphatic rings. The van der Waals surface area contributed by atoms with Gasteiger partial charge in [0, 0.05) is 18.5 Å². The first-order chi connectivity index (χ1) is 9.89. The van der Waals surface area contributed by atoms with Crippen LogP contribution in [0.3, 0.4) is 0 Å². The van der Waals surface area contributed by atoms with Crippen LogP contribution in [0.1, 0.15) is 13.3 Å². The molecule has 0 aliphatic heterocycles. The Bertz CT molecular complexity index is 753. The van der Waals surface area contributed by atoms with Gasteiger partial charge >= 0.3 is 0 Å². The zero-order valence-corrected chi connectivity index (χ0v) is 13.4. The Labute approximate surface area is 129 Å².